The minimum absolute atomic E-state index is 0. The average Bonchev–Trinajstić information content (AvgIpc) is 3.17. The van der Waals surface area contributed by atoms with Gasteiger partial charge in [-0.25, -0.2) is 9.98 Å². The molecule has 1 saturated carbocycles. The SMILES string of the molecule is O=C([O-])C1CCC1c1cccc(NC2N=C(N3CCOCC3)N=C3CCC=C32)c1.[Na+]. The van der Waals surface area contributed by atoms with Gasteiger partial charge in [-0.3, -0.25) is 0 Å². The Morgan fingerprint density at radius 3 is 2.80 bits per heavy atom. The molecule has 2 heterocycles. The molecule has 1 aromatic rings. The molecule has 3 atom stereocenters. The molecule has 3 unspecified atom stereocenters. The summed E-state index contributed by atoms with van der Waals surface area (Å²) in [6.45, 7) is 3.02. The molecule has 0 spiro atoms. The van der Waals surface area contributed by atoms with Crippen LogP contribution in [0.15, 0.2) is 45.9 Å². The van der Waals surface area contributed by atoms with Crippen LogP contribution in [0.1, 0.15) is 37.2 Å². The van der Waals surface area contributed by atoms with Crippen molar-refractivity contribution in [3.8, 4) is 0 Å². The largest absolute Gasteiger partial charge is 1.00 e. The first-order chi connectivity index (χ1) is 14.2. The number of carboxylic acids is 1. The zero-order valence-corrected chi connectivity index (χ0v) is 19.3. The molecule has 0 aromatic heterocycles. The summed E-state index contributed by atoms with van der Waals surface area (Å²) in [5.41, 5.74) is 4.28. The van der Waals surface area contributed by atoms with Gasteiger partial charge in [0, 0.05) is 36.2 Å². The monoisotopic (exact) mass is 416 g/mol. The Labute approximate surface area is 198 Å². The van der Waals surface area contributed by atoms with Gasteiger partial charge in [-0.2, -0.15) is 0 Å². The fraction of sp³-hybridized carbons (Fsp3) is 0.500. The first-order valence-corrected chi connectivity index (χ1v) is 10.4. The Bertz CT molecular complexity index is 907. The Morgan fingerprint density at radius 2 is 2.07 bits per heavy atom. The number of nitrogens with zero attached hydrogens (tertiary/aromatic N) is 3. The van der Waals surface area contributed by atoms with E-state index < -0.39 is 5.97 Å². The van der Waals surface area contributed by atoms with Gasteiger partial charge >= 0.3 is 29.6 Å². The van der Waals surface area contributed by atoms with Crippen LogP contribution in [0.4, 0.5) is 5.69 Å². The van der Waals surface area contributed by atoms with Gasteiger partial charge < -0.3 is 24.9 Å². The van der Waals surface area contributed by atoms with E-state index in [0.717, 1.165) is 60.8 Å². The predicted molar refractivity (Wildman–Crippen MR) is 109 cm³/mol. The number of hydrogen-bond acceptors (Lipinski definition) is 7. The van der Waals surface area contributed by atoms with E-state index in [0.29, 0.717) is 19.6 Å². The number of rotatable bonds is 4. The zero-order valence-electron chi connectivity index (χ0n) is 17.3. The minimum Gasteiger partial charge on any atom is -0.550 e. The molecule has 1 aromatic carbocycles. The number of allylic oxidation sites excluding steroid dienone is 1. The second kappa shape index (κ2) is 9.22. The van der Waals surface area contributed by atoms with E-state index >= 15 is 0 Å². The van der Waals surface area contributed by atoms with Crippen LogP contribution in [-0.2, 0) is 9.53 Å². The molecule has 152 valence electrons. The third-order valence-corrected chi connectivity index (χ3v) is 6.34. The number of fused-ring (bicyclic) bond motifs is 1. The quantitative estimate of drug-likeness (QED) is 0.606. The van der Waals surface area contributed by atoms with Crippen LogP contribution in [0.5, 0.6) is 0 Å². The molecule has 1 N–H and O–H groups in total. The second-order valence-electron chi connectivity index (χ2n) is 8.07. The maximum absolute atomic E-state index is 11.3. The van der Waals surface area contributed by atoms with Crippen LogP contribution in [0.25, 0.3) is 0 Å². The maximum atomic E-state index is 11.3. The fourth-order valence-electron chi connectivity index (χ4n) is 4.57. The van der Waals surface area contributed by atoms with Gasteiger partial charge in [-0.15, -0.1) is 0 Å². The Kier molecular flexibility index (Phi) is 6.63. The van der Waals surface area contributed by atoms with Crippen molar-refractivity contribution in [2.45, 2.75) is 37.8 Å². The summed E-state index contributed by atoms with van der Waals surface area (Å²) in [7, 11) is 0. The number of guanidine groups is 1. The molecule has 0 bridgehead atoms. The number of anilines is 1. The average molecular weight is 416 g/mol. The molecule has 5 rings (SSSR count). The van der Waals surface area contributed by atoms with Crippen LogP contribution in [0.3, 0.4) is 0 Å². The number of aliphatic carboxylic acids is 1. The molecular formula is C22H25N4NaO3. The van der Waals surface area contributed by atoms with Crippen molar-refractivity contribution in [3.05, 3.63) is 41.5 Å². The van der Waals surface area contributed by atoms with Crippen molar-refractivity contribution in [1.29, 1.82) is 0 Å². The smallest absolute Gasteiger partial charge is 0.550 e. The zero-order chi connectivity index (χ0) is 19.8. The summed E-state index contributed by atoms with van der Waals surface area (Å²) in [4.78, 5) is 23.2. The first-order valence-electron chi connectivity index (χ1n) is 10.4. The Hall–Kier alpha value is -1.67. The van der Waals surface area contributed by atoms with Gasteiger partial charge in [-0.05, 0) is 49.3 Å². The van der Waals surface area contributed by atoms with Gasteiger partial charge in [-0.1, -0.05) is 18.2 Å². The van der Waals surface area contributed by atoms with Crippen LogP contribution >= 0.6 is 0 Å². The van der Waals surface area contributed by atoms with Gasteiger partial charge in [0.2, 0.25) is 5.96 Å². The van der Waals surface area contributed by atoms with Crippen molar-refractivity contribution in [2.75, 3.05) is 31.6 Å². The number of hydrogen-bond donors (Lipinski definition) is 1. The van der Waals surface area contributed by atoms with Gasteiger partial charge in [0.15, 0.2) is 0 Å². The third-order valence-electron chi connectivity index (χ3n) is 6.34. The molecule has 1 saturated heterocycles. The summed E-state index contributed by atoms with van der Waals surface area (Å²) in [5.74, 6) is -0.485. The summed E-state index contributed by atoms with van der Waals surface area (Å²) in [5, 5.41) is 14.9. The Morgan fingerprint density at radius 1 is 1.23 bits per heavy atom. The predicted octanol–water partition coefficient (Wildman–Crippen LogP) is -1.46. The minimum atomic E-state index is -0.941. The molecular weight excluding hydrogens is 391 g/mol. The molecule has 2 aliphatic carbocycles. The summed E-state index contributed by atoms with van der Waals surface area (Å²) < 4.78 is 5.46. The van der Waals surface area contributed by atoms with E-state index in [9.17, 15) is 9.90 Å². The van der Waals surface area contributed by atoms with Crippen molar-refractivity contribution >= 4 is 23.3 Å². The number of nitrogens with one attached hydrogen (secondary N) is 1. The Balaban J connectivity index is 0.00000218. The van der Waals surface area contributed by atoms with Gasteiger partial charge in [0.05, 0.1) is 18.9 Å². The van der Waals surface area contributed by atoms with E-state index in [4.69, 9.17) is 14.7 Å². The van der Waals surface area contributed by atoms with Crippen molar-refractivity contribution in [1.82, 2.24) is 4.90 Å². The van der Waals surface area contributed by atoms with E-state index in [1.807, 2.05) is 18.2 Å². The number of benzene rings is 1. The molecule has 2 fully saturated rings. The summed E-state index contributed by atoms with van der Waals surface area (Å²) in [6, 6.07) is 8.07. The van der Waals surface area contributed by atoms with E-state index in [1.165, 1.54) is 0 Å². The van der Waals surface area contributed by atoms with Crippen molar-refractivity contribution in [3.63, 3.8) is 0 Å². The molecule has 8 heteroatoms. The number of morpholine rings is 1. The molecule has 0 radical (unpaired) electrons. The van der Waals surface area contributed by atoms with Crippen LogP contribution in [0, 0.1) is 5.92 Å². The first kappa shape index (κ1) is 21.6. The van der Waals surface area contributed by atoms with Crippen LogP contribution in [-0.4, -0.2) is 55.0 Å². The number of carboxylic acid groups (broad SMARTS) is 1. The van der Waals surface area contributed by atoms with Crippen LogP contribution < -0.4 is 40.0 Å². The molecule has 30 heavy (non-hydrogen) atoms. The molecule has 2 aliphatic heterocycles. The van der Waals surface area contributed by atoms with E-state index in [1.54, 1.807) is 0 Å². The van der Waals surface area contributed by atoms with Gasteiger partial charge in [0.25, 0.3) is 0 Å². The summed E-state index contributed by atoms with van der Waals surface area (Å²) >= 11 is 0. The number of ether oxygens (including phenoxy) is 1. The number of carbonyl (C=O) groups is 1. The summed E-state index contributed by atoms with van der Waals surface area (Å²) in [6.07, 6.45) is 5.59. The van der Waals surface area contributed by atoms with Gasteiger partial charge in [0.1, 0.15) is 6.17 Å². The topological polar surface area (TPSA) is 89.3 Å². The number of carbonyl (C=O) groups excluding carboxylic acids is 1. The van der Waals surface area contributed by atoms with Crippen LogP contribution in [0.2, 0.25) is 0 Å². The number of aliphatic imine (C=N–C) groups is 2. The fourth-order valence-corrected chi connectivity index (χ4v) is 4.57. The standard InChI is InChI=1S/C22H26N4O3.Na/c27-21(28)17-8-7-16(17)14-3-1-4-15(13-14)23-20-18-5-2-6-19(18)24-22(25-20)26-9-11-29-12-10-26;/h1,3-5,13,16-17,20,23H,2,6-12H2,(H,27,28);/q;+1/p-1. The van der Waals surface area contributed by atoms with Crippen molar-refractivity contribution in [2.24, 2.45) is 15.9 Å². The molecule has 7 nitrogen and oxygen atoms in total. The van der Waals surface area contributed by atoms with Crippen molar-refractivity contribution < 1.29 is 44.2 Å². The van der Waals surface area contributed by atoms with E-state index in [-0.39, 0.29) is 47.6 Å². The molecule has 4 aliphatic rings. The second-order valence-corrected chi connectivity index (χ2v) is 8.07. The normalized spacial score (nSPS) is 27.7. The van der Waals surface area contributed by atoms with E-state index in [2.05, 4.69) is 22.4 Å². The maximum Gasteiger partial charge on any atom is 1.00 e. The molecule has 0 amide bonds. The third kappa shape index (κ3) is 4.21.